The molecule has 1 aromatic heterocycles. The zero-order chi connectivity index (χ0) is 14.0. The van der Waals surface area contributed by atoms with Gasteiger partial charge in [0, 0.05) is 10.9 Å². The van der Waals surface area contributed by atoms with Crippen LogP contribution in [0.25, 0.3) is 11.0 Å². The quantitative estimate of drug-likeness (QED) is 0.756. The lowest BCUT2D eigenvalue weighted by Gasteiger charge is -2.09. The predicted octanol–water partition coefficient (Wildman–Crippen LogP) is 4.91. The number of benzene rings is 1. The fourth-order valence-corrected chi connectivity index (χ4v) is 3.00. The number of nitrogens with one attached hydrogen (secondary N) is 1. The molecule has 0 aliphatic carbocycles. The van der Waals surface area contributed by atoms with Gasteiger partial charge in [-0.05, 0) is 47.0 Å². The summed E-state index contributed by atoms with van der Waals surface area (Å²) >= 11 is 2.35. The molecule has 0 aliphatic heterocycles. The standard InChI is InChI=1S/C16H22INO/c1-10(2)8-18-9-14-15(11(3)4)12-6-5-7-13(17)16(12)19-14/h5-7,10-11,18H,8-9H2,1-4H3. The van der Waals surface area contributed by atoms with Gasteiger partial charge in [-0.15, -0.1) is 0 Å². The Morgan fingerprint density at radius 1 is 1.21 bits per heavy atom. The van der Waals surface area contributed by atoms with Crippen LogP contribution >= 0.6 is 22.6 Å². The molecular formula is C16H22INO. The molecule has 19 heavy (non-hydrogen) atoms. The molecular weight excluding hydrogens is 349 g/mol. The maximum Gasteiger partial charge on any atom is 0.147 e. The molecule has 0 fully saturated rings. The SMILES string of the molecule is CC(C)CNCc1oc2c(I)cccc2c1C(C)C. The molecule has 0 bridgehead atoms. The van der Waals surface area contributed by atoms with Gasteiger partial charge in [-0.25, -0.2) is 0 Å². The third-order valence-electron chi connectivity index (χ3n) is 3.20. The van der Waals surface area contributed by atoms with Crippen LogP contribution in [0.3, 0.4) is 0 Å². The average Bonchev–Trinajstić information content (AvgIpc) is 2.68. The van der Waals surface area contributed by atoms with Gasteiger partial charge in [0.25, 0.3) is 0 Å². The molecule has 0 amide bonds. The van der Waals surface area contributed by atoms with Crippen LogP contribution in [0.2, 0.25) is 0 Å². The maximum atomic E-state index is 6.10. The fraction of sp³-hybridized carbons (Fsp3) is 0.500. The summed E-state index contributed by atoms with van der Waals surface area (Å²) in [6, 6.07) is 6.38. The lowest BCUT2D eigenvalue weighted by Crippen LogP contribution is -2.19. The van der Waals surface area contributed by atoms with Gasteiger partial charge >= 0.3 is 0 Å². The van der Waals surface area contributed by atoms with E-state index in [0.29, 0.717) is 11.8 Å². The summed E-state index contributed by atoms with van der Waals surface area (Å²) in [5.41, 5.74) is 2.39. The first-order valence-corrected chi connectivity index (χ1v) is 7.99. The second kappa shape index (κ2) is 6.27. The van der Waals surface area contributed by atoms with E-state index < -0.39 is 0 Å². The number of para-hydroxylation sites is 1. The van der Waals surface area contributed by atoms with Gasteiger partial charge in [-0.2, -0.15) is 0 Å². The van der Waals surface area contributed by atoms with E-state index in [9.17, 15) is 0 Å². The Balaban J connectivity index is 2.36. The number of furan rings is 1. The molecule has 0 aliphatic rings. The summed E-state index contributed by atoms with van der Waals surface area (Å²) in [6.45, 7) is 10.7. The van der Waals surface area contributed by atoms with Crippen molar-refractivity contribution in [2.45, 2.75) is 40.2 Å². The Morgan fingerprint density at radius 3 is 2.58 bits per heavy atom. The molecule has 1 aromatic carbocycles. The molecule has 0 unspecified atom stereocenters. The van der Waals surface area contributed by atoms with E-state index in [2.05, 4.69) is 73.8 Å². The van der Waals surface area contributed by atoms with Crippen LogP contribution in [0.15, 0.2) is 22.6 Å². The van der Waals surface area contributed by atoms with Crippen LogP contribution in [0.1, 0.15) is 44.9 Å². The van der Waals surface area contributed by atoms with Crippen LogP contribution in [-0.4, -0.2) is 6.54 Å². The van der Waals surface area contributed by atoms with E-state index in [1.54, 1.807) is 0 Å². The third kappa shape index (κ3) is 3.31. The molecule has 0 saturated heterocycles. The van der Waals surface area contributed by atoms with Crippen molar-refractivity contribution in [1.82, 2.24) is 5.32 Å². The van der Waals surface area contributed by atoms with Crippen LogP contribution in [0, 0.1) is 9.49 Å². The molecule has 1 heterocycles. The molecule has 2 aromatic rings. The monoisotopic (exact) mass is 371 g/mol. The van der Waals surface area contributed by atoms with Crippen molar-refractivity contribution >= 4 is 33.6 Å². The average molecular weight is 371 g/mol. The van der Waals surface area contributed by atoms with E-state index in [1.807, 2.05) is 0 Å². The van der Waals surface area contributed by atoms with Gasteiger partial charge in [-0.3, -0.25) is 0 Å². The van der Waals surface area contributed by atoms with Crippen molar-refractivity contribution in [3.8, 4) is 0 Å². The lowest BCUT2D eigenvalue weighted by atomic mass is 9.99. The highest BCUT2D eigenvalue weighted by Crippen LogP contribution is 2.34. The minimum atomic E-state index is 0.482. The topological polar surface area (TPSA) is 25.2 Å². The van der Waals surface area contributed by atoms with Gasteiger partial charge in [-0.1, -0.05) is 39.8 Å². The van der Waals surface area contributed by atoms with E-state index >= 15 is 0 Å². The van der Waals surface area contributed by atoms with Gasteiger partial charge in [0.15, 0.2) is 0 Å². The Kier molecular flexibility index (Phi) is 4.90. The first-order valence-electron chi connectivity index (χ1n) is 6.91. The maximum absolute atomic E-state index is 6.10. The Bertz CT molecular complexity index is 557. The first-order chi connectivity index (χ1) is 9.00. The number of hydrogen-bond donors (Lipinski definition) is 1. The molecule has 1 N–H and O–H groups in total. The lowest BCUT2D eigenvalue weighted by molar-refractivity contribution is 0.478. The van der Waals surface area contributed by atoms with Crippen molar-refractivity contribution in [2.24, 2.45) is 5.92 Å². The summed E-state index contributed by atoms with van der Waals surface area (Å²) in [5, 5.41) is 4.75. The second-order valence-corrected chi connectivity index (χ2v) is 6.90. The third-order valence-corrected chi connectivity index (χ3v) is 4.05. The van der Waals surface area contributed by atoms with E-state index in [1.165, 1.54) is 14.5 Å². The van der Waals surface area contributed by atoms with Gasteiger partial charge in [0.05, 0.1) is 10.1 Å². The number of halogens is 1. The van der Waals surface area contributed by atoms with Crippen molar-refractivity contribution in [3.05, 3.63) is 33.1 Å². The molecule has 2 nitrogen and oxygen atoms in total. The highest BCUT2D eigenvalue weighted by molar-refractivity contribution is 14.1. The Hall–Kier alpha value is -0.550. The van der Waals surface area contributed by atoms with Crippen molar-refractivity contribution in [1.29, 1.82) is 0 Å². The highest BCUT2D eigenvalue weighted by Gasteiger charge is 2.17. The summed E-state index contributed by atoms with van der Waals surface area (Å²) < 4.78 is 7.29. The van der Waals surface area contributed by atoms with Crippen molar-refractivity contribution in [3.63, 3.8) is 0 Å². The first kappa shape index (κ1) is 14.9. The summed E-state index contributed by atoms with van der Waals surface area (Å²) in [6.07, 6.45) is 0. The summed E-state index contributed by atoms with van der Waals surface area (Å²) in [4.78, 5) is 0. The predicted molar refractivity (Wildman–Crippen MR) is 89.6 cm³/mol. The largest absolute Gasteiger partial charge is 0.458 e. The van der Waals surface area contributed by atoms with Gasteiger partial charge in [0.2, 0.25) is 0 Å². The zero-order valence-electron chi connectivity index (χ0n) is 12.1. The number of fused-ring (bicyclic) bond motifs is 1. The number of hydrogen-bond acceptors (Lipinski definition) is 2. The van der Waals surface area contributed by atoms with Crippen molar-refractivity contribution in [2.75, 3.05) is 6.54 Å². The van der Waals surface area contributed by atoms with Crippen LogP contribution in [-0.2, 0) is 6.54 Å². The van der Waals surface area contributed by atoms with Crippen LogP contribution in [0.5, 0.6) is 0 Å². The summed E-state index contributed by atoms with van der Waals surface area (Å²) in [5.74, 6) is 2.23. The zero-order valence-corrected chi connectivity index (χ0v) is 14.2. The molecule has 0 saturated carbocycles. The van der Waals surface area contributed by atoms with Gasteiger partial charge in [0.1, 0.15) is 11.3 Å². The second-order valence-electron chi connectivity index (χ2n) is 5.73. The summed E-state index contributed by atoms with van der Waals surface area (Å²) in [7, 11) is 0. The normalized spacial score (nSPS) is 11.9. The fourth-order valence-electron chi connectivity index (χ4n) is 2.39. The highest BCUT2D eigenvalue weighted by atomic mass is 127. The van der Waals surface area contributed by atoms with Crippen LogP contribution < -0.4 is 5.32 Å². The van der Waals surface area contributed by atoms with Crippen molar-refractivity contribution < 1.29 is 4.42 Å². The van der Waals surface area contributed by atoms with Gasteiger partial charge < -0.3 is 9.73 Å². The number of rotatable bonds is 5. The molecule has 3 heteroatoms. The Morgan fingerprint density at radius 2 is 1.95 bits per heavy atom. The van der Waals surface area contributed by atoms with Crippen LogP contribution in [0.4, 0.5) is 0 Å². The van der Waals surface area contributed by atoms with E-state index in [4.69, 9.17) is 4.42 Å². The van der Waals surface area contributed by atoms with E-state index in [-0.39, 0.29) is 0 Å². The smallest absolute Gasteiger partial charge is 0.147 e. The molecule has 104 valence electrons. The molecule has 2 rings (SSSR count). The minimum Gasteiger partial charge on any atom is -0.458 e. The minimum absolute atomic E-state index is 0.482. The Labute approximate surface area is 129 Å². The molecule has 0 radical (unpaired) electrons. The molecule has 0 spiro atoms. The molecule has 0 atom stereocenters. The van der Waals surface area contributed by atoms with E-state index in [0.717, 1.165) is 24.4 Å².